The lowest BCUT2D eigenvalue weighted by atomic mass is 9.67. The number of carbonyl (C=O) groups excluding carboxylic acids is 2. The standard InChI is InChI=1S/C72H42F16O2/c1-66(73)33-14-23-49(32-34-66)67(72(86,87)88,50-28-24-45(25-29-50)56-58(47-35-52(68(74,75)76)39-53(36-47)69(77,78)79)62(43-19-10-4-11-20-43)64(89)60(56)41-15-6-2-7-16-41)51-30-26-46(27-31-51)57-59(48-37-54(70(80,81)82)40-55(38-48)71(83,84)85)63(44-21-12-5-13-22-44)65(90)61(57)42-17-8-3-9-18-42/h2-40H,1H3. The highest BCUT2D eigenvalue weighted by atomic mass is 19.4. The minimum atomic E-state index is -5.47. The van der Waals surface area contributed by atoms with Crippen molar-refractivity contribution < 1.29 is 79.8 Å². The van der Waals surface area contributed by atoms with Crippen molar-refractivity contribution >= 4 is 56.2 Å². The third-order valence-corrected chi connectivity index (χ3v) is 15.8. The summed E-state index contributed by atoms with van der Waals surface area (Å²) in [5, 5.41) is 0. The maximum Gasteiger partial charge on any atom is 0.416 e. The predicted octanol–water partition coefficient (Wildman–Crippen LogP) is 20.6. The molecule has 1 unspecified atom stereocenters. The van der Waals surface area contributed by atoms with Gasteiger partial charge in [-0.1, -0.05) is 188 Å². The van der Waals surface area contributed by atoms with Crippen molar-refractivity contribution in [2.75, 3.05) is 0 Å². The van der Waals surface area contributed by atoms with Gasteiger partial charge in [-0.25, -0.2) is 4.39 Å². The first-order chi connectivity index (χ1) is 42.4. The van der Waals surface area contributed by atoms with E-state index in [1.54, 1.807) is 24.3 Å². The second kappa shape index (κ2) is 22.6. The molecule has 2 nitrogen and oxygen atoms in total. The Morgan fingerprint density at radius 3 is 0.833 bits per heavy atom. The molecule has 0 N–H and O–H groups in total. The third kappa shape index (κ3) is 11.4. The van der Waals surface area contributed by atoms with Gasteiger partial charge in [0, 0.05) is 44.6 Å². The predicted molar refractivity (Wildman–Crippen MR) is 312 cm³/mol. The van der Waals surface area contributed by atoms with E-state index < -0.39 is 115 Å². The molecule has 0 heterocycles. The second-order valence-corrected chi connectivity index (χ2v) is 21.6. The van der Waals surface area contributed by atoms with Crippen LogP contribution >= 0.6 is 0 Å². The molecule has 0 aromatic heterocycles. The Hall–Kier alpha value is -9.84. The molecule has 0 spiro atoms. The molecule has 0 saturated heterocycles. The maximum atomic E-state index is 17.2. The SMILES string of the molecule is CC1(F)C=CC=C(C(c2ccc(C3=C(c4ccccc4)C(=O)C(c4ccccc4)=C3c3cc(C(F)(F)F)cc(C(F)(F)F)c3)cc2)(c2ccc(C3=C(c4ccccc4)C(=O)C(c4ccccc4)=C3c3cc(C(F)(F)F)cc(C(F)(F)F)c3)cc2)C(F)(F)F)C=C1. The van der Waals surface area contributed by atoms with Gasteiger partial charge in [0.15, 0.2) is 11.6 Å². The second-order valence-electron chi connectivity index (χ2n) is 21.6. The Labute approximate surface area is 503 Å². The highest BCUT2D eigenvalue weighted by molar-refractivity contribution is 6.60. The van der Waals surface area contributed by atoms with E-state index in [-0.39, 0.29) is 79.0 Å². The normalized spacial score (nSPS) is 17.1. The highest BCUT2D eigenvalue weighted by Crippen LogP contribution is 2.57. The summed E-state index contributed by atoms with van der Waals surface area (Å²) in [6.07, 6.45) is -22.2. The van der Waals surface area contributed by atoms with Gasteiger partial charge < -0.3 is 0 Å². The van der Waals surface area contributed by atoms with Gasteiger partial charge in [0.1, 0.15) is 11.1 Å². The number of halogens is 16. The molecule has 90 heavy (non-hydrogen) atoms. The van der Waals surface area contributed by atoms with Crippen molar-refractivity contribution in [3.05, 3.63) is 320 Å². The number of Topliss-reactive ketones (excluding diaryl/α,β-unsaturated/α-hetero) is 2. The molecule has 18 heteroatoms. The molecule has 454 valence electrons. The van der Waals surface area contributed by atoms with E-state index in [9.17, 15) is 52.7 Å². The van der Waals surface area contributed by atoms with Crippen LogP contribution in [0.25, 0.3) is 44.6 Å². The summed E-state index contributed by atoms with van der Waals surface area (Å²) in [4.78, 5) is 30.3. The summed E-state index contributed by atoms with van der Waals surface area (Å²) in [7, 11) is 0. The molecule has 1 atom stereocenters. The number of hydrogen-bond acceptors (Lipinski definition) is 2. The molecule has 0 bridgehead atoms. The fourth-order valence-electron chi connectivity index (χ4n) is 11.8. The van der Waals surface area contributed by atoms with Crippen LogP contribution in [0.4, 0.5) is 70.2 Å². The molecule has 3 aliphatic carbocycles. The van der Waals surface area contributed by atoms with E-state index in [2.05, 4.69) is 0 Å². The van der Waals surface area contributed by atoms with Crippen LogP contribution in [-0.2, 0) is 39.7 Å². The van der Waals surface area contributed by atoms with Crippen molar-refractivity contribution in [1.29, 1.82) is 0 Å². The van der Waals surface area contributed by atoms with Crippen LogP contribution in [0.2, 0.25) is 0 Å². The lowest BCUT2D eigenvalue weighted by Gasteiger charge is -2.38. The van der Waals surface area contributed by atoms with Crippen LogP contribution in [0.15, 0.2) is 242 Å². The minimum absolute atomic E-state index is 0.0662. The summed E-state index contributed by atoms with van der Waals surface area (Å²) >= 11 is 0. The number of carbonyl (C=O) groups is 2. The van der Waals surface area contributed by atoms with Crippen molar-refractivity contribution in [2.24, 2.45) is 0 Å². The average Bonchev–Trinajstić information content (AvgIpc) is 1.42. The molecular formula is C72H42F16O2. The summed E-state index contributed by atoms with van der Waals surface area (Å²) in [6, 6.07) is 39.5. The Morgan fingerprint density at radius 1 is 0.300 bits per heavy atom. The maximum absolute atomic E-state index is 17.2. The minimum Gasteiger partial charge on any atom is -0.289 e. The highest BCUT2D eigenvalue weighted by Gasteiger charge is 2.59. The first-order valence-corrected chi connectivity index (χ1v) is 27.3. The smallest absolute Gasteiger partial charge is 0.289 e. The number of alkyl halides is 16. The van der Waals surface area contributed by atoms with Crippen LogP contribution < -0.4 is 0 Å². The summed E-state index contributed by atoms with van der Waals surface area (Å²) in [5.74, 6) is -1.71. The van der Waals surface area contributed by atoms with Crippen LogP contribution in [0.5, 0.6) is 0 Å². The molecular weight excluding hydrogens is 1200 g/mol. The third-order valence-electron chi connectivity index (χ3n) is 15.8. The Kier molecular flexibility index (Phi) is 15.5. The lowest BCUT2D eigenvalue weighted by molar-refractivity contribution is -0.166. The number of benzene rings is 8. The van der Waals surface area contributed by atoms with Gasteiger partial charge in [-0.05, 0) is 117 Å². The summed E-state index contributed by atoms with van der Waals surface area (Å²) in [5.41, 5.74) is -18.4. The molecule has 8 aromatic rings. The molecule has 0 fully saturated rings. The van der Waals surface area contributed by atoms with Gasteiger partial charge >= 0.3 is 30.9 Å². The van der Waals surface area contributed by atoms with Gasteiger partial charge in [0.25, 0.3) is 0 Å². The van der Waals surface area contributed by atoms with Gasteiger partial charge in [0.2, 0.25) is 0 Å². The molecule has 3 aliphatic rings. The van der Waals surface area contributed by atoms with Crippen LogP contribution in [0.1, 0.15) is 84.8 Å². The van der Waals surface area contributed by atoms with Gasteiger partial charge in [-0.3, -0.25) is 9.59 Å². The molecule has 0 radical (unpaired) electrons. The van der Waals surface area contributed by atoms with Crippen LogP contribution in [-0.4, -0.2) is 23.4 Å². The molecule has 0 aliphatic heterocycles. The Bertz CT molecular complexity index is 4060. The van der Waals surface area contributed by atoms with E-state index in [1.165, 1.54) is 97.1 Å². The van der Waals surface area contributed by atoms with E-state index >= 15 is 27.2 Å². The van der Waals surface area contributed by atoms with Gasteiger partial charge in [-0.15, -0.1) is 0 Å². The van der Waals surface area contributed by atoms with Gasteiger partial charge in [0.05, 0.1) is 22.3 Å². The number of ketones is 2. The fourth-order valence-corrected chi connectivity index (χ4v) is 11.8. The van der Waals surface area contributed by atoms with E-state index in [1.807, 2.05) is 0 Å². The number of rotatable bonds is 11. The number of hydrogen-bond donors (Lipinski definition) is 0. The van der Waals surface area contributed by atoms with Crippen LogP contribution in [0, 0.1) is 0 Å². The first kappa shape index (κ1) is 61.8. The van der Waals surface area contributed by atoms with E-state index in [0.29, 0.717) is 24.3 Å². The lowest BCUT2D eigenvalue weighted by Crippen LogP contribution is -2.45. The Balaban J connectivity index is 1.17. The zero-order chi connectivity index (χ0) is 64.5. The average molecular weight is 1240 g/mol. The zero-order valence-corrected chi connectivity index (χ0v) is 46.4. The fraction of sp³-hybridized carbons (Fsp3) is 0.111. The van der Waals surface area contributed by atoms with Crippen LogP contribution in [0.3, 0.4) is 0 Å². The molecule has 0 saturated carbocycles. The van der Waals surface area contributed by atoms with Crippen molar-refractivity contribution in [1.82, 2.24) is 0 Å². The van der Waals surface area contributed by atoms with E-state index in [4.69, 9.17) is 0 Å². The Morgan fingerprint density at radius 2 is 0.567 bits per heavy atom. The van der Waals surface area contributed by atoms with E-state index in [0.717, 1.165) is 85.8 Å². The molecule has 11 rings (SSSR count). The monoisotopic (exact) mass is 1240 g/mol. The van der Waals surface area contributed by atoms with Gasteiger partial charge in [-0.2, -0.15) is 65.9 Å². The van der Waals surface area contributed by atoms with Crippen molar-refractivity contribution in [2.45, 2.75) is 48.9 Å². The summed E-state index contributed by atoms with van der Waals surface area (Å²) in [6.45, 7) is 1.06. The summed E-state index contributed by atoms with van der Waals surface area (Å²) < 4.78 is 244. The molecule has 0 amide bonds. The quantitative estimate of drug-likeness (QED) is 0.121. The zero-order valence-electron chi connectivity index (χ0n) is 46.4. The largest absolute Gasteiger partial charge is 0.416 e. The first-order valence-electron chi connectivity index (χ1n) is 27.3. The van der Waals surface area contributed by atoms with Crippen molar-refractivity contribution in [3.63, 3.8) is 0 Å². The number of allylic oxidation sites excluding steroid dienone is 14. The van der Waals surface area contributed by atoms with Crippen molar-refractivity contribution in [3.8, 4) is 0 Å². The topological polar surface area (TPSA) is 34.1 Å². The molecule has 8 aromatic carbocycles.